The zero-order valence-corrected chi connectivity index (χ0v) is 14.2. The molecular weight excluding hydrogens is 258 g/mol. The fourth-order valence-corrected chi connectivity index (χ4v) is 3.05. The van der Waals surface area contributed by atoms with Crippen LogP contribution in [0.25, 0.3) is 0 Å². The molecular formula is C16H30ClNO. The van der Waals surface area contributed by atoms with Gasteiger partial charge < -0.3 is 4.90 Å². The second kappa shape index (κ2) is 6.03. The number of carbonyl (C=O) groups is 1. The normalized spacial score (nSPS) is 25.2. The summed E-state index contributed by atoms with van der Waals surface area (Å²) in [5.41, 5.74) is 0.120. The van der Waals surface area contributed by atoms with Crippen LogP contribution in [-0.4, -0.2) is 29.3 Å². The van der Waals surface area contributed by atoms with Crippen molar-refractivity contribution in [2.45, 2.75) is 65.8 Å². The first-order valence-electron chi connectivity index (χ1n) is 7.43. The number of nitrogens with zero attached hydrogens (tertiary/aromatic N) is 1. The first-order valence-corrected chi connectivity index (χ1v) is 7.96. The van der Waals surface area contributed by atoms with E-state index in [0.29, 0.717) is 11.3 Å². The number of halogens is 1. The zero-order valence-electron chi connectivity index (χ0n) is 13.4. The summed E-state index contributed by atoms with van der Waals surface area (Å²) >= 11 is 5.96. The minimum absolute atomic E-state index is 0.200. The van der Waals surface area contributed by atoms with Gasteiger partial charge in [-0.2, -0.15) is 0 Å². The summed E-state index contributed by atoms with van der Waals surface area (Å²) < 4.78 is 0. The third-order valence-electron chi connectivity index (χ3n) is 4.87. The molecule has 1 aliphatic carbocycles. The van der Waals surface area contributed by atoms with Crippen LogP contribution in [0, 0.1) is 17.3 Å². The van der Waals surface area contributed by atoms with Gasteiger partial charge in [0.15, 0.2) is 0 Å². The van der Waals surface area contributed by atoms with E-state index in [4.69, 9.17) is 11.6 Å². The molecule has 1 aliphatic rings. The fourth-order valence-electron chi connectivity index (χ4n) is 2.87. The maximum Gasteiger partial charge on any atom is 0.225 e. The summed E-state index contributed by atoms with van der Waals surface area (Å²) in [6.07, 6.45) is 4.41. The summed E-state index contributed by atoms with van der Waals surface area (Å²) in [4.78, 5) is 14.4. The van der Waals surface area contributed by atoms with Crippen molar-refractivity contribution in [3.8, 4) is 0 Å². The number of alkyl halides is 1. The van der Waals surface area contributed by atoms with E-state index in [1.807, 2.05) is 25.8 Å². The van der Waals surface area contributed by atoms with Gasteiger partial charge >= 0.3 is 0 Å². The summed E-state index contributed by atoms with van der Waals surface area (Å²) in [5, 5.41) is 0. The quantitative estimate of drug-likeness (QED) is 0.708. The van der Waals surface area contributed by atoms with Gasteiger partial charge in [-0.1, -0.05) is 20.8 Å². The van der Waals surface area contributed by atoms with Crippen molar-refractivity contribution in [1.82, 2.24) is 4.90 Å². The van der Waals surface area contributed by atoms with Crippen LogP contribution in [-0.2, 0) is 4.79 Å². The third-order valence-corrected chi connectivity index (χ3v) is 5.52. The van der Waals surface area contributed by atoms with E-state index in [9.17, 15) is 4.79 Å². The van der Waals surface area contributed by atoms with Crippen LogP contribution < -0.4 is 0 Å². The van der Waals surface area contributed by atoms with Crippen LogP contribution in [0.2, 0.25) is 0 Å². The Balaban J connectivity index is 2.59. The van der Waals surface area contributed by atoms with E-state index in [1.54, 1.807) is 0 Å². The smallest absolute Gasteiger partial charge is 0.225 e. The molecule has 0 unspecified atom stereocenters. The molecule has 1 fully saturated rings. The van der Waals surface area contributed by atoms with Gasteiger partial charge in [0.05, 0.1) is 5.54 Å². The number of hydrogen-bond donors (Lipinski definition) is 0. The lowest BCUT2D eigenvalue weighted by atomic mass is 9.69. The lowest BCUT2D eigenvalue weighted by Crippen LogP contribution is -2.49. The van der Waals surface area contributed by atoms with Gasteiger partial charge in [0.25, 0.3) is 0 Å². The summed E-state index contributed by atoms with van der Waals surface area (Å²) in [6.45, 7) is 11.0. The van der Waals surface area contributed by atoms with Crippen molar-refractivity contribution in [2.75, 3.05) is 12.9 Å². The Morgan fingerprint density at radius 3 is 1.95 bits per heavy atom. The van der Waals surface area contributed by atoms with E-state index >= 15 is 0 Å². The van der Waals surface area contributed by atoms with Crippen molar-refractivity contribution in [2.24, 2.45) is 17.3 Å². The fraction of sp³-hybridized carbons (Fsp3) is 0.938. The van der Waals surface area contributed by atoms with Crippen LogP contribution in [0.1, 0.15) is 60.3 Å². The first kappa shape index (κ1) is 16.8. The molecule has 1 saturated carbocycles. The van der Waals surface area contributed by atoms with Gasteiger partial charge in [0.2, 0.25) is 5.91 Å². The maximum absolute atomic E-state index is 12.5. The topological polar surface area (TPSA) is 20.3 Å². The molecule has 0 aromatic rings. The SMILES string of the molecule is CN(C(=O)C1CCC(C(C)(C)C)CC1)C(C)(C)CCl. The Kier molecular flexibility index (Phi) is 5.34. The van der Waals surface area contributed by atoms with Crippen LogP contribution in [0.5, 0.6) is 0 Å². The number of carbonyl (C=O) groups excluding carboxylic acids is 1. The van der Waals surface area contributed by atoms with Crippen LogP contribution in [0.4, 0.5) is 0 Å². The first-order chi connectivity index (χ1) is 8.59. The summed E-state index contributed by atoms with van der Waals surface area (Å²) in [6, 6.07) is 0. The lowest BCUT2D eigenvalue weighted by Gasteiger charge is -2.40. The lowest BCUT2D eigenvalue weighted by molar-refractivity contribution is -0.140. The van der Waals surface area contributed by atoms with E-state index < -0.39 is 0 Å². The Labute approximate surface area is 123 Å². The third kappa shape index (κ3) is 4.11. The standard InChI is InChI=1S/C16H30ClNO/c1-15(2,3)13-9-7-12(8-10-13)14(19)18(6)16(4,5)11-17/h12-13H,7-11H2,1-6H3. The average Bonchev–Trinajstić information content (AvgIpc) is 2.36. The van der Waals surface area contributed by atoms with Gasteiger partial charge in [-0.25, -0.2) is 0 Å². The Morgan fingerprint density at radius 2 is 1.58 bits per heavy atom. The molecule has 0 spiro atoms. The number of rotatable bonds is 3. The minimum atomic E-state index is -0.250. The van der Waals surface area contributed by atoms with E-state index in [-0.39, 0.29) is 17.4 Å². The monoisotopic (exact) mass is 287 g/mol. The van der Waals surface area contributed by atoms with Crippen molar-refractivity contribution in [3.05, 3.63) is 0 Å². The Bertz CT molecular complexity index is 311. The van der Waals surface area contributed by atoms with Crippen LogP contribution in [0.3, 0.4) is 0 Å². The molecule has 2 nitrogen and oxygen atoms in total. The molecule has 0 atom stereocenters. The Hall–Kier alpha value is -0.240. The highest BCUT2D eigenvalue weighted by Crippen LogP contribution is 2.40. The molecule has 0 aromatic heterocycles. The van der Waals surface area contributed by atoms with Crippen molar-refractivity contribution >= 4 is 17.5 Å². The van der Waals surface area contributed by atoms with Gasteiger partial charge in [-0.15, -0.1) is 11.6 Å². The second-order valence-electron chi connectivity index (χ2n) is 7.76. The highest BCUT2D eigenvalue weighted by molar-refractivity contribution is 6.18. The van der Waals surface area contributed by atoms with Gasteiger partial charge in [-0.05, 0) is 50.9 Å². The second-order valence-corrected chi connectivity index (χ2v) is 8.03. The van der Waals surface area contributed by atoms with E-state index in [0.717, 1.165) is 18.8 Å². The molecule has 0 bridgehead atoms. The van der Waals surface area contributed by atoms with Gasteiger partial charge in [0, 0.05) is 18.8 Å². The maximum atomic E-state index is 12.5. The highest BCUT2D eigenvalue weighted by atomic mass is 35.5. The molecule has 0 aliphatic heterocycles. The molecule has 1 amide bonds. The zero-order chi connectivity index (χ0) is 14.8. The minimum Gasteiger partial charge on any atom is -0.339 e. The molecule has 112 valence electrons. The van der Waals surface area contributed by atoms with Crippen LogP contribution >= 0.6 is 11.6 Å². The highest BCUT2D eigenvalue weighted by Gasteiger charge is 2.36. The number of hydrogen-bond acceptors (Lipinski definition) is 1. The average molecular weight is 288 g/mol. The predicted molar refractivity (Wildman–Crippen MR) is 82.5 cm³/mol. The molecule has 0 saturated heterocycles. The molecule has 0 aromatic carbocycles. The number of amides is 1. The van der Waals surface area contributed by atoms with Crippen LogP contribution in [0.15, 0.2) is 0 Å². The summed E-state index contributed by atoms with van der Waals surface area (Å²) in [7, 11) is 1.89. The van der Waals surface area contributed by atoms with Gasteiger partial charge in [0.1, 0.15) is 0 Å². The molecule has 0 N–H and O–H groups in total. The van der Waals surface area contributed by atoms with Crippen molar-refractivity contribution < 1.29 is 4.79 Å². The molecule has 19 heavy (non-hydrogen) atoms. The van der Waals surface area contributed by atoms with Gasteiger partial charge in [-0.3, -0.25) is 4.79 Å². The van der Waals surface area contributed by atoms with E-state index in [1.165, 1.54) is 12.8 Å². The Morgan fingerprint density at radius 1 is 1.11 bits per heavy atom. The molecule has 0 radical (unpaired) electrons. The molecule has 3 heteroatoms. The van der Waals surface area contributed by atoms with Crippen molar-refractivity contribution in [1.29, 1.82) is 0 Å². The largest absolute Gasteiger partial charge is 0.339 e. The van der Waals surface area contributed by atoms with Crippen molar-refractivity contribution in [3.63, 3.8) is 0 Å². The van der Waals surface area contributed by atoms with E-state index in [2.05, 4.69) is 20.8 Å². The predicted octanol–water partition coefficient (Wildman–Crippen LogP) is 4.31. The molecule has 0 heterocycles. The summed E-state index contributed by atoms with van der Waals surface area (Å²) in [5.74, 6) is 1.71. The molecule has 1 rings (SSSR count).